The fraction of sp³-hybridized carbons (Fsp3) is 0.286. The molecule has 1 saturated heterocycles. The van der Waals surface area contributed by atoms with Crippen molar-refractivity contribution < 1.29 is 0 Å². The molecule has 1 aliphatic rings. The zero-order chi connectivity index (χ0) is 7.52. The van der Waals surface area contributed by atoms with Crippen LogP contribution in [0.4, 0.5) is 0 Å². The lowest BCUT2D eigenvalue weighted by Gasteiger charge is -2.07. The molecule has 1 aromatic heterocycles. The van der Waals surface area contributed by atoms with Gasteiger partial charge in [-0.25, -0.2) is 10.9 Å². The minimum Gasteiger partial charge on any atom is -0.282 e. The first kappa shape index (κ1) is 6.72. The monoisotopic (exact) mass is 150 g/mol. The predicted octanol–water partition coefficient (Wildman–Crippen LogP) is -0.265. The lowest BCUT2D eigenvalue weighted by Crippen LogP contribution is -2.26. The Morgan fingerprint density at radius 1 is 1.45 bits per heavy atom. The number of aromatic nitrogens is 1. The molecular formula is C7H10N4. The maximum atomic E-state index is 4.20. The molecule has 2 heterocycles. The summed E-state index contributed by atoms with van der Waals surface area (Å²) in [4.78, 5) is 4.20. The van der Waals surface area contributed by atoms with Crippen LogP contribution in [-0.2, 0) is 0 Å². The number of hydrogen-bond donors (Lipinski definition) is 3. The van der Waals surface area contributed by atoms with E-state index in [1.54, 1.807) is 6.20 Å². The standard InChI is InChI=1S/C7H10N4/c1-2-4-8-6(3-1)7-9-5-10-11-7/h1-4,7,9-11H,5H2. The van der Waals surface area contributed by atoms with Gasteiger partial charge in [0.25, 0.3) is 0 Å². The molecule has 0 radical (unpaired) electrons. The molecule has 1 aliphatic heterocycles. The zero-order valence-electron chi connectivity index (χ0n) is 6.04. The Balaban J connectivity index is 2.16. The van der Waals surface area contributed by atoms with Crippen molar-refractivity contribution >= 4 is 0 Å². The molecule has 2 rings (SSSR count). The average molecular weight is 150 g/mol. The number of hydrogen-bond acceptors (Lipinski definition) is 4. The van der Waals surface area contributed by atoms with Crippen molar-refractivity contribution in [3.8, 4) is 0 Å². The van der Waals surface area contributed by atoms with Gasteiger partial charge in [-0.2, -0.15) is 0 Å². The maximum Gasteiger partial charge on any atom is 0.115 e. The third kappa shape index (κ3) is 1.37. The summed E-state index contributed by atoms with van der Waals surface area (Å²) in [6, 6.07) is 5.87. The minimum atomic E-state index is 0.149. The molecule has 1 aromatic rings. The molecule has 0 amide bonds. The van der Waals surface area contributed by atoms with Gasteiger partial charge in [0.2, 0.25) is 0 Å². The van der Waals surface area contributed by atoms with E-state index in [1.165, 1.54) is 0 Å². The highest BCUT2D eigenvalue weighted by Gasteiger charge is 2.14. The first-order valence-corrected chi connectivity index (χ1v) is 3.59. The van der Waals surface area contributed by atoms with E-state index in [9.17, 15) is 0 Å². The third-order valence-electron chi connectivity index (χ3n) is 1.62. The maximum absolute atomic E-state index is 4.20. The van der Waals surface area contributed by atoms with Crippen molar-refractivity contribution in [3.05, 3.63) is 30.1 Å². The van der Waals surface area contributed by atoms with E-state index in [0.29, 0.717) is 0 Å². The Kier molecular flexibility index (Phi) is 1.81. The Hall–Kier alpha value is -0.970. The number of pyridine rings is 1. The molecule has 0 aliphatic carbocycles. The highest BCUT2D eigenvalue weighted by Crippen LogP contribution is 2.05. The van der Waals surface area contributed by atoms with E-state index in [0.717, 1.165) is 12.4 Å². The topological polar surface area (TPSA) is 49.0 Å². The van der Waals surface area contributed by atoms with Gasteiger partial charge in [0.05, 0.1) is 12.4 Å². The average Bonchev–Trinajstić information content (AvgIpc) is 2.58. The fourth-order valence-electron chi connectivity index (χ4n) is 1.08. The predicted molar refractivity (Wildman–Crippen MR) is 41.3 cm³/mol. The number of rotatable bonds is 1. The second kappa shape index (κ2) is 2.96. The van der Waals surface area contributed by atoms with Gasteiger partial charge in [0.15, 0.2) is 0 Å². The van der Waals surface area contributed by atoms with E-state index in [2.05, 4.69) is 21.2 Å². The molecule has 0 aromatic carbocycles. The number of nitrogens with zero attached hydrogens (tertiary/aromatic N) is 1. The molecule has 1 atom stereocenters. The van der Waals surface area contributed by atoms with Crippen LogP contribution in [-0.4, -0.2) is 11.7 Å². The van der Waals surface area contributed by atoms with Gasteiger partial charge in [0, 0.05) is 6.20 Å². The van der Waals surface area contributed by atoms with Gasteiger partial charge in [-0.05, 0) is 12.1 Å². The van der Waals surface area contributed by atoms with Crippen LogP contribution in [0.3, 0.4) is 0 Å². The lowest BCUT2D eigenvalue weighted by molar-refractivity contribution is 0.541. The van der Waals surface area contributed by atoms with Gasteiger partial charge < -0.3 is 0 Å². The Morgan fingerprint density at radius 3 is 3.09 bits per heavy atom. The van der Waals surface area contributed by atoms with Gasteiger partial charge >= 0.3 is 0 Å². The Morgan fingerprint density at radius 2 is 2.45 bits per heavy atom. The van der Waals surface area contributed by atoms with E-state index < -0.39 is 0 Å². The summed E-state index contributed by atoms with van der Waals surface area (Å²) in [5.41, 5.74) is 7.03. The van der Waals surface area contributed by atoms with Crippen molar-refractivity contribution in [1.29, 1.82) is 0 Å². The van der Waals surface area contributed by atoms with E-state index in [1.807, 2.05) is 18.2 Å². The molecule has 4 heteroatoms. The summed E-state index contributed by atoms with van der Waals surface area (Å²) in [5.74, 6) is 0. The van der Waals surface area contributed by atoms with Crippen molar-refractivity contribution in [2.24, 2.45) is 0 Å². The van der Waals surface area contributed by atoms with Gasteiger partial charge in [-0.1, -0.05) is 6.07 Å². The molecule has 11 heavy (non-hydrogen) atoms. The van der Waals surface area contributed by atoms with Crippen LogP contribution >= 0.6 is 0 Å². The summed E-state index contributed by atoms with van der Waals surface area (Å²) in [7, 11) is 0. The van der Waals surface area contributed by atoms with E-state index in [4.69, 9.17) is 0 Å². The van der Waals surface area contributed by atoms with Crippen molar-refractivity contribution in [2.45, 2.75) is 6.17 Å². The Bertz CT molecular complexity index is 217. The molecule has 0 bridgehead atoms. The normalized spacial score (nSPS) is 23.8. The number of nitrogens with one attached hydrogen (secondary N) is 3. The van der Waals surface area contributed by atoms with Crippen LogP contribution in [0.1, 0.15) is 11.9 Å². The minimum absolute atomic E-state index is 0.149. The molecule has 0 saturated carbocycles. The summed E-state index contributed by atoms with van der Waals surface area (Å²) in [6.45, 7) is 0.779. The van der Waals surface area contributed by atoms with Crippen molar-refractivity contribution in [2.75, 3.05) is 6.67 Å². The van der Waals surface area contributed by atoms with E-state index in [-0.39, 0.29) is 6.17 Å². The second-order valence-electron chi connectivity index (χ2n) is 2.39. The summed E-state index contributed by atoms with van der Waals surface area (Å²) in [6.07, 6.45) is 1.94. The van der Waals surface area contributed by atoms with Crippen LogP contribution in [0.15, 0.2) is 24.4 Å². The van der Waals surface area contributed by atoms with Crippen LogP contribution in [0.25, 0.3) is 0 Å². The summed E-state index contributed by atoms with van der Waals surface area (Å²) >= 11 is 0. The van der Waals surface area contributed by atoms with Crippen LogP contribution in [0.2, 0.25) is 0 Å². The summed E-state index contributed by atoms with van der Waals surface area (Å²) in [5, 5.41) is 3.19. The largest absolute Gasteiger partial charge is 0.282 e. The zero-order valence-corrected chi connectivity index (χ0v) is 6.04. The summed E-state index contributed by atoms with van der Waals surface area (Å²) < 4.78 is 0. The highest BCUT2D eigenvalue weighted by molar-refractivity contribution is 5.08. The van der Waals surface area contributed by atoms with Gasteiger partial charge in [-0.3, -0.25) is 10.3 Å². The van der Waals surface area contributed by atoms with Crippen LogP contribution < -0.4 is 16.2 Å². The molecule has 4 nitrogen and oxygen atoms in total. The van der Waals surface area contributed by atoms with Crippen LogP contribution in [0.5, 0.6) is 0 Å². The molecular weight excluding hydrogens is 140 g/mol. The van der Waals surface area contributed by atoms with Crippen molar-refractivity contribution in [1.82, 2.24) is 21.2 Å². The molecule has 3 N–H and O–H groups in total. The third-order valence-corrected chi connectivity index (χ3v) is 1.62. The van der Waals surface area contributed by atoms with Crippen LogP contribution in [0, 0.1) is 0 Å². The van der Waals surface area contributed by atoms with Gasteiger partial charge in [0.1, 0.15) is 6.17 Å². The van der Waals surface area contributed by atoms with E-state index >= 15 is 0 Å². The first-order chi connectivity index (χ1) is 5.47. The Labute approximate surface area is 65.0 Å². The highest BCUT2D eigenvalue weighted by atomic mass is 15.5. The molecule has 58 valence electrons. The SMILES string of the molecule is c1ccc(C2NCNN2)nc1. The fourth-order valence-corrected chi connectivity index (χ4v) is 1.08. The molecule has 1 fully saturated rings. The molecule has 1 unspecified atom stereocenters. The second-order valence-corrected chi connectivity index (χ2v) is 2.39. The number of hydrazine groups is 1. The molecule has 0 spiro atoms. The van der Waals surface area contributed by atoms with Crippen molar-refractivity contribution in [3.63, 3.8) is 0 Å². The quantitative estimate of drug-likeness (QED) is 0.516. The van der Waals surface area contributed by atoms with Gasteiger partial charge in [-0.15, -0.1) is 0 Å². The smallest absolute Gasteiger partial charge is 0.115 e. The first-order valence-electron chi connectivity index (χ1n) is 3.59. The lowest BCUT2D eigenvalue weighted by atomic mass is 10.3.